The van der Waals surface area contributed by atoms with Crippen molar-refractivity contribution in [2.45, 2.75) is 0 Å². The van der Waals surface area contributed by atoms with Crippen LogP contribution in [-0.2, 0) is 0 Å². The summed E-state index contributed by atoms with van der Waals surface area (Å²) in [7, 11) is 3.76. The van der Waals surface area contributed by atoms with Gasteiger partial charge < -0.3 is 4.90 Å². The Morgan fingerprint density at radius 2 is 2.12 bits per heavy atom. The molecule has 3 nitrogen and oxygen atoms in total. The average molecular weight is 258 g/mol. The van der Waals surface area contributed by atoms with E-state index in [0.29, 0.717) is 15.7 Å². The van der Waals surface area contributed by atoms with Gasteiger partial charge in [0.25, 0.3) is 0 Å². The van der Waals surface area contributed by atoms with Gasteiger partial charge in [-0.25, -0.2) is 9.37 Å². The molecular formula is C10H9ClFN3S. The van der Waals surface area contributed by atoms with Gasteiger partial charge in [-0.05, 0) is 6.07 Å². The molecule has 0 atom stereocenters. The Kier molecular flexibility index (Phi) is 3.07. The van der Waals surface area contributed by atoms with Crippen LogP contribution in [0.15, 0.2) is 18.5 Å². The number of pyridine rings is 1. The first-order valence-corrected chi connectivity index (χ1v) is 5.72. The molecule has 0 saturated heterocycles. The van der Waals surface area contributed by atoms with Crippen LogP contribution in [0.5, 0.6) is 0 Å². The van der Waals surface area contributed by atoms with Crippen LogP contribution in [0.3, 0.4) is 0 Å². The highest BCUT2D eigenvalue weighted by atomic mass is 35.5. The lowest BCUT2D eigenvalue weighted by Crippen LogP contribution is -2.06. The standard InChI is InChI=1S/C10H9ClFN3S/c1-15(2)10-8(11)14-9(16-10)6-3-7(12)5-13-4-6/h3-5H,1-2H3. The van der Waals surface area contributed by atoms with Crippen LogP contribution in [0.1, 0.15) is 0 Å². The first kappa shape index (κ1) is 11.3. The Hall–Kier alpha value is -1.20. The molecule has 16 heavy (non-hydrogen) atoms. The second kappa shape index (κ2) is 4.35. The number of nitrogens with zero attached hydrogens (tertiary/aromatic N) is 3. The van der Waals surface area contributed by atoms with Gasteiger partial charge in [-0.15, -0.1) is 0 Å². The summed E-state index contributed by atoms with van der Waals surface area (Å²) < 4.78 is 13.0. The molecule has 84 valence electrons. The Bertz CT molecular complexity index is 513. The third kappa shape index (κ3) is 2.15. The summed E-state index contributed by atoms with van der Waals surface area (Å²) in [5.41, 5.74) is 0.639. The molecule has 0 aliphatic heterocycles. The highest BCUT2D eigenvalue weighted by molar-refractivity contribution is 7.19. The maximum Gasteiger partial charge on any atom is 0.164 e. The van der Waals surface area contributed by atoms with Gasteiger partial charge in [0, 0.05) is 25.9 Å². The third-order valence-corrected chi connectivity index (χ3v) is 3.58. The number of halogens is 2. The molecule has 2 heterocycles. The zero-order valence-corrected chi connectivity index (χ0v) is 10.3. The van der Waals surface area contributed by atoms with Gasteiger partial charge >= 0.3 is 0 Å². The molecular weight excluding hydrogens is 249 g/mol. The lowest BCUT2D eigenvalue weighted by Gasteiger charge is -2.07. The van der Waals surface area contributed by atoms with E-state index in [2.05, 4.69) is 9.97 Å². The summed E-state index contributed by atoms with van der Waals surface area (Å²) in [6.45, 7) is 0. The largest absolute Gasteiger partial charge is 0.367 e. The number of hydrogen-bond donors (Lipinski definition) is 0. The molecule has 0 bridgehead atoms. The van der Waals surface area contributed by atoms with Gasteiger partial charge in [0.2, 0.25) is 0 Å². The molecule has 0 N–H and O–H groups in total. The Morgan fingerprint density at radius 3 is 2.69 bits per heavy atom. The summed E-state index contributed by atoms with van der Waals surface area (Å²) in [4.78, 5) is 9.83. The van der Waals surface area contributed by atoms with E-state index in [4.69, 9.17) is 11.6 Å². The van der Waals surface area contributed by atoms with E-state index in [-0.39, 0.29) is 5.82 Å². The number of anilines is 1. The van der Waals surface area contributed by atoms with Crippen molar-refractivity contribution in [1.29, 1.82) is 0 Å². The van der Waals surface area contributed by atoms with Crippen molar-refractivity contribution in [1.82, 2.24) is 9.97 Å². The van der Waals surface area contributed by atoms with E-state index in [1.54, 1.807) is 6.20 Å². The van der Waals surface area contributed by atoms with Crippen LogP contribution in [0.2, 0.25) is 5.15 Å². The number of aromatic nitrogens is 2. The van der Waals surface area contributed by atoms with Gasteiger partial charge in [-0.2, -0.15) is 0 Å². The van der Waals surface area contributed by atoms with E-state index in [1.807, 2.05) is 19.0 Å². The number of thiazole rings is 1. The fourth-order valence-electron chi connectivity index (χ4n) is 1.22. The summed E-state index contributed by atoms with van der Waals surface area (Å²) in [6.07, 6.45) is 2.73. The van der Waals surface area contributed by atoms with Crippen molar-refractivity contribution in [2.24, 2.45) is 0 Å². The van der Waals surface area contributed by atoms with E-state index in [0.717, 1.165) is 11.2 Å². The van der Waals surface area contributed by atoms with Gasteiger partial charge in [0.1, 0.15) is 15.8 Å². The van der Waals surface area contributed by atoms with Crippen molar-refractivity contribution in [3.63, 3.8) is 0 Å². The molecule has 0 saturated carbocycles. The molecule has 2 aromatic rings. The first-order chi connectivity index (χ1) is 7.58. The van der Waals surface area contributed by atoms with Crippen LogP contribution in [0.25, 0.3) is 10.6 Å². The molecule has 0 aromatic carbocycles. The Morgan fingerprint density at radius 1 is 1.38 bits per heavy atom. The molecule has 0 fully saturated rings. The minimum absolute atomic E-state index is 0.379. The van der Waals surface area contributed by atoms with Crippen LogP contribution in [0.4, 0.5) is 9.39 Å². The third-order valence-electron chi connectivity index (χ3n) is 1.93. The van der Waals surface area contributed by atoms with Crippen LogP contribution >= 0.6 is 22.9 Å². The minimum Gasteiger partial charge on any atom is -0.367 e. The van der Waals surface area contributed by atoms with Crippen molar-refractivity contribution in [3.05, 3.63) is 29.4 Å². The second-order valence-electron chi connectivity index (χ2n) is 3.40. The SMILES string of the molecule is CN(C)c1sc(-c2cncc(F)c2)nc1Cl. The summed E-state index contributed by atoms with van der Waals surface area (Å²) in [5, 5.41) is 1.94. The number of hydrogen-bond acceptors (Lipinski definition) is 4. The normalized spacial score (nSPS) is 10.5. The van der Waals surface area contributed by atoms with Crippen LogP contribution < -0.4 is 4.90 Å². The Labute approximate surface area is 102 Å². The van der Waals surface area contributed by atoms with Crippen molar-refractivity contribution in [2.75, 3.05) is 19.0 Å². The molecule has 6 heteroatoms. The monoisotopic (exact) mass is 257 g/mol. The first-order valence-electron chi connectivity index (χ1n) is 4.52. The molecule has 0 amide bonds. The quantitative estimate of drug-likeness (QED) is 0.828. The van der Waals surface area contributed by atoms with E-state index in [9.17, 15) is 4.39 Å². The van der Waals surface area contributed by atoms with Crippen LogP contribution in [-0.4, -0.2) is 24.1 Å². The maximum absolute atomic E-state index is 13.0. The number of rotatable bonds is 2. The molecule has 2 aromatic heterocycles. The van der Waals surface area contributed by atoms with Gasteiger partial charge in [0.05, 0.1) is 6.20 Å². The molecule has 0 aliphatic rings. The van der Waals surface area contributed by atoms with Gasteiger partial charge in [-0.1, -0.05) is 22.9 Å². The zero-order chi connectivity index (χ0) is 11.7. The topological polar surface area (TPSA) is 29.0 Å². The average Bonchev–Trinajstić information content (AvgIpc) is 2.60. The van der Waals surface area contributed by atoms with Crippen molar-refractivity contribution < 1.29 is 4.39 Å². The minimum atomic E-state index is -0.379. The summed E-state index contributed by atoms with van der Waals surface area (Å²) in [5.74, 6) is -0.379. The molecule has 0 radical (unpaired) electrons. The Balaban J connectivity index is 2.45. The van der Waals surface area contributed by atoms with Crippen LogP contribution in [0, 0.1) is 5.82 Å². The molecule has 0 aliphatic carbocycles. The van der Waals surface area contributed by atoms with Gasteiger partial charge in [0.15, 0.2) is 5.15 Å². The summed E-state index contributed by atoms with van der Waals surface area (Å²) >= 11 is 7.38. The zero-order valence-electron chi connectivity index (χ0n) is 8.74. The van der Waals surface area contributed by atoms with E-state index >= 15 is 0 Å². The second-order valence-corrected chi connectivity index (χ2v) is 4.74. The fourth-order valence-corrected chi connectivity index (χ4v) is 2.50. The van der Waals surface area contributed by atoms with Crippen molar-refractivity contribution in [3.8, 4) is 10.6 Å². The highest BCUT2D eigenvalue weighted by Gasteiger charge is 2.12. The fraction of sp³-hybridized carbons (Fsp3) is 0.200. The predicted molar refractivity (Wildman–Crippen MR) is 64.6 cm³/mol. The lowest BCUT2D eigenvalue weighted by molar-refractivity contribution is 0.622. The summed E-state index contributed by atoms with van der Waals surface area (Å²) in [6, 6.07) is 1.39. The molecule has 0 spiro atoms. The highest BCUT2D eigenvalue weighted by Crippen LogP contribution is 2.36. The maximum atomic E-state index is 13.0. The van der Waals surface area contributed by atoms with E-state index in [1.165, 1.54) is 17.4 Å². The lowest BCUT2D eigenvalue weighted by atomic mass is 10.3. The molecule has 2 rings (SSSR count). The smallest absolute Gasteiger partial charge is 0.164 e. The predicted octanol–water partition coefficient (Wildman–Crippen LogP) is 3.06. The van der Waals surface area contributed by atoms with Crippen molar-refractivity contribution >= 4 is 27.9 Å². The van der Waals surface area contributed by atoms with E-state index < -0.39 is 0 Å². The van der Waals surface area contributed by atoms with Gasteiger partial charge in [-0.3, -0.25) is 4.98 Å². The molecule has 0 unspecified atom stereocenters.